The van der Waals surface area contributed by atoms with Crippen LogP contribution in [0.25, 0.3) is 11.0 Å². The van der Waals surface area contributed by atoms with Gasteiger partial charge in [-0.2, -0.15) is 0 Å². The Kier molecular flexibility index (Phi) is 4.24. The SMILES string of the molecule is CC(C)OCC(NN)c1cc2cccc(Cl)c2o1. The van der Waals surface area contributed by atoms with E-state index in [2.05, 4.69) is 5.43 Å². The number of fused-ring (bicyclic) bond motifs is 1. The predicted octanol–water partition coefficient (Wildman–Crippen LogP) is 3.02. The fourth-order valence-electron chi connectivity index (χ4n) is 1.72. The Morgan fingerprint density at radius 2 is 2.22 bits per heavy atom. The van der Waals surface area contributed by atoms with Gasteiger partial charge in [0.15, 0.2) is 5.58 Å². The Balaban J connectivity index is 2.25. The summed E-state index contributed by atoms with van der Waals surface area (Å²) in [5.41, 5.74) is 3.37. The molecule has 1 aromatic carbocycles. The summed E-state index contributed by atoms with van der Waals surface area (Å²) in [6.45, 7) is 4.40. The molecule has 0 aliphatic rings. The summed E-state index contributed by atoms with van der Waals surface area (Å²) in [4.78, 5) is 0. The van der Waals surface area contributed by atoms with E-state index in [0.717, 1.165) is 11.1 Å². The fourth-order valence-corrected chi connectivity index (χ4v) is 1.94. The normalized spacial score (nSPS) is 13.4. The van der Waals surface area contributed by atoms with Gasteiger partial charge in [0.1, 0.15) is 11.8 Å². The highest BCUT2D eigenvalue weighted by molar-refractivity contribution is 6.34. The molecule has 3 N–H and O–H groups in total. The number of rotatable bonds is 5. The Labute approximate surface area is 111 Å². The van der Waals surface area contributed by atoms with Crippen molar-refractivity contribution in [1.82, 2.24) is 5.43 Å². The molecule has 0 bridgehead atoms. The third-order valence-electron chi connectivity index (χ3n) is 2.66. The maximum atomic E-state index is 6.07. The first-order valence-corrected chi connectivity index (χ1v) is 6.25. The topological polar surface area (TPSA) is 60.4 Å². The molecule has 5 heteroatoms. The Hall–Kier alpha value is -1.07. The first-order chi connectivity index (χ1) is 8.61. The largest absolute Gasteiger partial charge is 0.458 e. The van der Waals surface area contributed by atoms with Gasteiger partial charge in [-0.3, -0.25) is 5.84 Å². The maximum absolute atomic E-state index is 6.07. The van der Waals surface area contributed by atoms with E-state index in [0.29, 0.717) is 17.2 Å². The zero-order valence-electron chi connectivity index (χ0n) is 10.4. The van der Waals surface area contributed by atoms with Crippen LogP contribution in [-0.2, 0) is 4.74 Å². The molecule has 0 saturated carbocycles. The summed E-state index contributed by atoms with van der Waals surface area (Å²) in [6.07, 6.45) is 0.147. The van der Waals surface area contributed by atoms with Crippen molar-refractivity contribution in [3.8, 4) is 0 Å². The third-order valence-corrected chi connectivity index (χ3v) is 2.95. The number of nitrogens with two attached hydrogens (primary N) is 1. The molecular formula is C13H17ClN2O2. The smallest absolute Gasteiger partial charge is 0.152 e. The summed E-state index contributed by atoms with van der Waals surface area (Å²) in [6, 6.07) is 7.38. The van der Waals surface area contributed by atoms with Gasteiger partial charge in [-0.1, -0.05) is 23.7 Å². The molecule has 1 aromatic heterocycles. The van der Waals surface area contributed by atoms with Crippen LogP contribution in [0.4, 0.5) is 0 Å². The number of hydrogen-bond acceptors (Lipinski definition) is 4. The van der Waals surface area contributed by atoms with Crippen LogP contribution >= 0.6 is 11.6 Å². The molecule has 0 aliphatic heterocycles. The number of ether oxygens (including phenoxy) is 1. The molecule has 1 atom stereocenters. The van der Waals surface area contributed by atoms with Crippen molar-refractivity contribution in [2.24, 2.45) is 5.84 Å². The van der Waals surface area contributed by atoms with Crippen LogP contribution in [0, 0.1) is 0 Å². The van der Waals surface area contributed by atoms with E-state index in [9.17, 15) is 0 Å². The molecule has 18 heavy (non-hydrogen) atoms. The molecule has 0 amide bonds. The van der Waals surface area contributed by atoms with Gasteiger partial charge in [-0.25, -0.2) is 5.43 Å². The Morgan fingerprint density at radius 1 is 1.44 bits per heavy atom. The minimum Gasteiger partial charge on any atom is -0.458 e. The van der Waals surface area contributed by atoms with E-state index >= 15 is 0 Å². The second kappa shape index (κ2) is 5.71. The lowest BCUT2D eigenvalue weighted by Crippen LogP contribution is -2.31. The highest BCUT2D eigenvalue weighted by Gasteiger charge is 2.16. The van der Waals surface area contributed by atoms with Gasteiger partial charge in [-0.15, -0.1) is 0 Å². The van der Waals surface area contributed by atoms with E-state index in [1.165, 1.54) is 0 Å². The molecule has 0 radical (unpaired) electrons. The summed E-state index contributed by atoms with van der Waals surface area (Å²) in [5, 5.41) is 1.56. The molecule has 0 saturated heterocycles. The molecule has 2 rings (SSSR count). The maximum Gasteiger partial charge on any atom is 0.152 e. The van der Waals surface area contributed by atoms with Crippen molar-refractivity contribution >= 4 is 22.6 Å². The Bertz CT molecular complexity index is 525. The van der Waals surface area contributed by atoms with E-state index in [1.807, 2.05) is 32.0 Å². The number of furan rings is 1. The number of nitrogens with one attached hydrogen (secondary N) is 1. The molecule has 0 fully saturated rings. The molecule has 0 aliphatic carbocycles. The molecule has 1 heterocycles. The summed E-state index contributed by atoms with van der Waals surface area (Å²) >= 11 is 6.07. The highest BCUT2D eigenvalue weighted by atomic mass is 35.5. The second-order valence-corrected chi connectivity index (χ2v) is 4.82. The van der Waals surface area contributed by atoms with Gasteiger partial charge in [-0.05, 0) is 26.0 Å². The molecular weight excluding hydrogens is 252 g/mol. The van der Waals surface area contributed by atoms with Crippen LogP contribution < -0.4 is 11.3 Å². The molecule has 4 nitrogen and oxygen atoms in total. The standard InChI is InChI=1S/C13H17ClN2O2/c1-8(2)17-7-11(16-15)12-6-9-4-3-5-10(14)13(9)18-12/h3-6,8,11,16H,7,15H2,1-2H3. The highest BCUT2D eigenvalue weighted by Crippen LogP contribution is 2.29. The number of hydrogen-bond donors (Lipinski definition) is 2. The minimum atomic E-state index is -0.184. The van der Waals surface area contributed by atoms with Gasteiger partial charge in [0.2, 0.25) is 0 Å². The zero-order valence-corrected chi connectivity index (χ0v) is 11.2. The monoisotopic (exact) mass is 268 g/mol. The summed E-state index contributed by atoms with van der Waals surface area (Å²) < 4.78 is 11.3. The van der Waals surface area contributed by atoms with Crippen LogP contribution in [0.1, 0.15) is 25.6 Å². The lowest BCUT2D eigenvalue weighted by atomic mass is 10.2. The average molecular weight is 269 g/mol. The van der Waals surface area contributed by atoms with Gasteiger partial charge in [0.05, 0.1) is 17.7 Å². The predicted molar refractivity (Wildman–Crippen MR) is 72.4 cm³/mol. The van der Waals surface area contributed by atoms with Gasteiger partial charge >= 0.3 is 0 Å². The Morgan fingerprint density at radius 3 is 2.83 bits per heavy atom. The number of benzene rings is 1. The van der Waals surface area contributed by atoms with E-state index < -0.39 is 0 Å². The van der Waals surface area contributed by atoms with Crippen LogP contribution in [-0.4, -0.2) is 12.7 Å². The second-order valence-electron chi connectivity index (χ2n) is 4.41. The van der Waals surface area contributed by atoms with Crippen LogP contribution in [0.3, 0.4) is 0 Å². The molecule has 1 unspecified atom stereocenters. The van der Waals surface area contributed by atoms with Crippen molar-refractivity contribution < 1.29 is 9.15 Å². The quantitative estimate of drug-likeness (QED) is 0.646. The summed E-state index contributed by atoms with van der Waals surface area (Å²) in [5.74, 6) is 6.25. The van der Waals surface area contributed by atoms with Gasteiger partial charge in [0, 0.05) is 5.39 Å². The zero-order chi connectivity index (χ0) is 13.1. The lowest BCUT2D eigenvalue weighted by Gasteiger charge is -2.15. The fraction of sp³-hybridized carbons (Fsp3) is 0.385. The van der Waals surface area contributed by atoms with Crippen molar-refractivity contribution in [1.29, 1.82) is 0 Å². The summed E-state index contributed by atoms with van der Waals surface area (Å²) in [7, 11) is 0. The number of para-hydroxylation sites is 1. The number of halogens is 1. The lowest BCUT2D eigenvalue weighted by molar-refractivity contribution is 0.0572. The third kappa shape index (κ3) is 2.84. The van der Waals surface area contributed by atoms with Crippen molar-refractivity contribution in [3.05, 3.63) is 35.0 Å². The van der Waals surface area contributed by atoms with Crippen LogP contribution in [0.15, 0.2) is 28.7 Å². The van der Waals surface area contributed by atoms with Gasteiger partial charge < -0.3 is 9.15 Å². The average Bonchev–Trinajstić information content (AvgIpc) is 2.75. The van der Waals surface area contributed by atoms with E-state index in [4.69, 9.17) is 26.6 Å². The molecule has 98 valence electrons. The van der Waals surface area contributed by atoms with Crippen LogP contribution in [0.5, 0.6) is 0 Å². The molecule has 0 spiro atoms. The van der Waals surface area contributed by atoms with E-state index in [1.54, 1.807) is 6.07 Å². The first kappa shape index (κ1) is 13.4. The van der Waals surface area contributed by atoms with Crippen molar-refractivity contribution in [2.45, 2.75) is 26.0 Å². The van der Waals surface area contributed by atoms with Crippen molar-refractivity contribution in [2.75, 3.05) is 6.61 Å². The first-order valence-electron chi connectivity index (χ1n) is 5.87. The van der Waals surface area contributed by atoms with Crippen LogP contribution in [0.2, 0.25) is 5.02 Å². The van der Waals surface area contributed by atoms with Crippen molar-refractivity contribution in [3.63, 3.8) is 0 Å². The minimum absolute atomic E-state index is 0.147. The number of hydrazine groups is 1. The molecule has 2 aromatic rings. The van der Waals surface area contributed by atoms with E-state index in [-0.39, 0.29) is 12.1 Å². The van der Waals surface area contributed by atoms with Gasteiger partial charge in [0.25, 0.3) is 0 Å².